The summed E-state index contributed by atoms with van der Waals surface area (Å²) in [7, 11) is 0. The van der Waals surface area contributed by atoms with Gasteiger partial charge in [0.05, 0.1) is 5.54 Å². The van der Waals surface area contributed by atoms with E-state index in [0.717, 1.165) is 49.8 Å². The second-order valence-corrected chi connectivity index (χ2v) is 4.87. The van der Waals surface area contributed by atoms with Gasteiger partial charge in [-0.25, -0.2) is 9.97 Å². The Morgan fingerprint density at radius 3 is 2.72 bits per heavy atom. The molecule has 2 heterocycles. The number of rotatable bonds is 4. The molecule has 1 aliphatic heterocycles. The van der Waals surface area contributed by atoms with E-state index in [9.17, 15) is 0 Å². The van der Waals surface area contributed by atoms with Crippen molar-refractivity contribution in [2.45, 2.75) is 38.6 Å². The highest BCUT2D eigenvalue weighted by Crippen LogP contribution is 2.24. The van der Waals surface area contributed by atoms with Crippen LogP contribution in [-0.4, -0.2) is 35.3 Å². The molecule has 1 aliphatic rings. The van der Waals surface area contributed by atoms with E-state index in [1.807, 2.05) is 13.0 Å². The molecule has 0 amide bonds. The highest BCUT2D eigenvalue weighted by atomic mass is 16.5. The zero-order valence-electron chi connectivity index (χ0n) is 11.2. The maximum absolute atomic E-state index is 5.93. The highest BCUT2D eigenvalue weighted by Gasteiger charge is 2.31. The van der Waals surface area contributed by atoms with Crippen LogP contribution in [0.15, 0.2) is 6.07 Å². The van der Waals surface area contributed by atoms with Gasteiger partial charge in [-0.2, -0.15) is 0 Å². The number of anilines is 1. The van der Waals surface area contributed by atoms with Crippen molar-refractivity contribution in [1.82, 2.24) is 9.97 Å². The molecule has 0 saturated carbocycles. The molecule has 0 radical (unpaired) electrons. The van der Waals surface area contributed by atoms with E-state index < -0.39 is 0 Å². The Hall–Kier alpha value is -1.20. The predicted octanol–water partition coefficient (Wildman–Crippen LogP) is 1.27. The molecule has 1 fully saturated rings. The van der Waals surface area contributed by atoms with Crippen LogP contribution in [0, 0.1) is 6.92 Å². The molecule has 1 saturated heterocycles. The second kappa shape index (κ2) is 5.63. The summed E-state index contributed by atoms with van der Waals surface area (Å²) in [4.78, 5) is 8.84. The Labute approximate surface area is 108 Å². The van der Waals surface area contributed by atoms with E-state index in [2.05, 4.69) is 22.2 Å². The largest absolute Gasteiger partial charge is 0.381 e. The second-order valence-electron chi connectivity index (χ2n) is 4.87. The van der Waals surface area contributed by atoms with Gasteiger partial charge in [-0.05, 0) is 26.2 Å². The molecule has 0 bridgehead atoms. The number of hydrogen-bond acceptors (Lipinski definition) is 5. The fraction of sp³-hybridized carbons (Fsp3) is 0.692. The van der Waals surface area contributed by atoms with Crippen molar-refractivity contribution < 1.29 is 4.74 Å². The molecule has 3 N–H and O–H groups in total. The van der Waals surface area contributed by atoms with E-state index in [-0.39, 0.29) is 5.54 Å². The van der Waals surface area contributed by atoms with E-state index >= 15 is 0 Å². The summed E-state index contributed by atoms with van der Waals surface area (Å²) in [6.07, 6.45) is 2.76. The number of ether oxygens (including phenoxy) is 1. The smallest absolute Gasteiger partial charge is 0.130 e. The first kappa shape index (κ1) is 13.2. The van der Waals surface area contributed by atoms with Crippen LogP contribution in [0.4, 0.5) is 5.82 Å². The van der Waals surface area contributed by atoms with Crippen LogP contribution >= 0.6 is 0 Å². The van der Waals surface area contributed by atoms with Crippen LogP contribution in [0.5, 0.6) is 0 Å². The lowest BCUT2D eigenvalue weighted by atomic mass is 9.90. The third kappa shape index (κ3) is 2.97. The summed E-state index contributed by atoms with van der Waals surface area (Å²) in [5, 5.41) is 3.50. The quantitative estimate of drug-likeness (QED) is 0.842. The molecular weight excluding hydrogens is 228 g/mol. The minimum absolute atomic E-state index is 0.0793. The number of aromatic nitrogens is 2. The SMILES string of the molecule is CCc1cc(NC2(CN)CCOCC2)nc(C)n1. The van der Waals surface area contributed by atoms with Crippen LogP contribution in [0.25, 0.3) is 0 Å². The Morgan fingerprint density at radius 2 is 2.11 bits per heavy atom. The Bertz CT molecular complexity index is 402. The number of aryl methyl sites for hydroxylation is 2. The summed E-state index contributed by atoms with van der Waals surface area (Å²) in [5.74, 6) is 1.68. The summed E-state index contributed by atoms with van der Waals surface area (Å²) in [6, 6.07) is 2.01. The van der Waals surface area contributed by atoms with Crippen LogP contribution in [0.2, 0.25) is 0 Å². The molecule has 0 aromatic carbocycles. The fourth-order valence-electron chi connectivity index (χ4n) is 2.29. The molecule has 100 valence electrons. The Kier molecular flexibility index (Phi) is 4.14. The molecule has 2 rings (SSSR count). The number of nitrogens with zero attached hydrogens (tertiary/aromatic N) is 2. The monoisotopic (exact) mass is 250 g/mol. The summed E-state index contributed by atoms with van der Waals surface area (Å²) >= 11 is 0. The average molecular weight is 250 g/mol. The summed E-state index contributed by atoms with van der Waals surface area (Å²) in [6.45, 7) is 6.13. The summed E-state index contributed by atoms with van der Waals surface area (Å²) < 4.78 is 5.40. The van der Waals surface area contributed by atoms with Gasteiger partial charge < -0.3 is 15.8 Å². The van der Waals surface area contributed by atoms with Crippen molar-refractivity contribution in [3.63, 3.8) is 0 Å². The molecule has 0 aliphatic carbocycles. The van der Waals surface area contributed by atoms with Crippen LogP contribution in [-0.2, 0) is 11.2 Å². The van der Waals surface area contributed by atoms with Gasteiger partial charge in [0.25, 0.3) is 0 Å². The fourth-order valence-corrected chi connectivity index (χ4v) is 2.29. The van der Waals surface area contributed by atoms with Crippen LogP contribution < -0.4 is 11.1 Å². The van der Waals surface area contributed by atoms with Gasteiger partial charge in [0.2, 0.25) is 0 Å². The molecule has 0 unspecified atom stereocenters. The molecule has 1 aromatic rings. The lowest BCUT2D eigenvalue weighted by Gasteiger charge is -2.37. The first-order valence-electron chi connectivity index (χ1n) is 6.58. The van der Waals surface area contributed by atoms with Gasteiger partial charge >= 0.3 is 0 Å². The molecule has 5 heteroatoms. The van der Waals surface area contributed by atoms with E-state index in [1.165, 1.54) is 0 Å². The van der Waals surface area contributed by atoms with Gasteiger partial charge in [-0.1, -0.05) is 6.92 Å². The Balaban J connectivity index is 2.18. The van der Waals surface area contributed by atoms with Crippen molar-refractivity contribution in [1.29, 1.82) is 0 Å². The number of hydrogen-bond donors (Lipinski definition) is 2. The van der Waals surface area contributed by atoms with E-state index in [4.69, 9.17) is 10.5 Å². The normalized spacial score (nSPS) is 18.6. The van der Waals surface area contributed by atoms with Gasteiger partial charge in [0, 0.05) is 31.5 Å². The first-order valence-corrected chi connectivity index (χ1v) is 6.58. The van der Waals surface area contributed by atoms with Gasteiger partial charge in [0.1, 0.15) is 11.6 Å². The lowest BCUT2D eigenvalue weighted by Crippen LogP contribution is -2.49. The van der Waals surface area contributed by atoms with Crippen molar-refractivity contribution in [2.24, 2.45) is 5.73 Å². The number of nitrogens with two attached hydrogens (primary N) is 1. The van der Waals surface area contributed by atoms with Crippen LogP contribution in [0.3, 0.4) is 0 Å². The maximum Gasteiger partial charge on any atom is 0.130 e. The molecular formula is C13H22N4O. The molecule has 5 nitrogen and oxygen atoms in total. The van der Waals surface area contributed by atoms with Gasteiger partial charge in [-0.15, -0.1) is 0 Å². The number of nitrogens with one attached hydrogen (secondary N) is 1. The van der Waals surface area contributed by atoms with Gasteiger partial charge in [0.15, 0.2) is 0 Å². The molecule has 0 atom stereocenters. The van der Waals surface area contributed by atoms with Gasteiger partial charge in [-0.3, -0.25) is 0 Å². The first-order chi connectivity index (χ1) is 8.67. The van der Waals surface area contributed by atoms with Crippen molar-refractivity contribution >= 4 is 5.82 Å². The highest BCUT2D eigenvalue weighted by molar-refractivity contribution is 5.39. The predicted molar refractivity (Wildman–Crippen MR) is 71.6 cm³/mol. The third-order valence-corrected chi connectivity index (χ3v) is 3.49. The zero-order valence-corrected chi connectivity index (χ0v) is 11.2. The van der Waals surface area contributed by atoms with Crippen molar-refractivity contribution in [3.05, 3.63) is 17.6 Å². The van der Waals surface area contributed by atoms with Crippen molar-refractivity contribution in [3.8, 4) is 0 Å². The molecule has 18 heavy (non-hydrogen) atoms. The molecule has 1 aromatic heterocycles. The minimum Gasteiger partial charge on any atom is -0.381 e. The summed E-state index contributed by atoms with van der Waals surface area (Å²) in [5.41, 5.74) is 6.91. The minimum atomic E-state index is -0.0793. The molecule has 0 spiro atoms. The topological polar surface area (TPSA) is 73.1 Å². The van der Waals surface area contributed by atoms with Crippen molar-refractivity contribution in [2.75, 3.05) is 25.1 Å². The average Bonchev–Trinajstić information content (AvgIpc) is 2.39. The van der Waals surface area contributed by atoms with Crippen LogP contribution in [0.1, 0.15) is 31.3 Å². The van der Waals surface area contributed by atoms with E-state index in [0.29, 0.717) is 6.54 Å². The maximum atomic E-state index is 5.93. The lowest BCUT2D eigenvalue weighted by molar-refractivity contribution is 0.0627. The van der Waals surface area contributed by atoms with E-state index in [1.54, 1.807) is 0 Å². The zero-order chi connectivity index (χ0) is 13.0. The third-order valence-electron chi connectivity index (χ3n) is 3.49. The Morgan fingerprint density at radius 1 is 1.39 bits per heavy atom. The standard InChI is InChI=1S/C13H22N4O/c1-3-11-8-12(16-10(2)15-11)17-13(9-14)4-6-18-7-5-13/h8H,3-7,9,14H2,1-2H3,(H,15,16,17).